The molecule has 296 valence electrons. The first-order valence-electron chi connectivity index (χ1n) is 19.2. The number of terminal acetylenes is 1. The number of carbonyl (C=O) groups is 3. The van der Waals surface area contributed by atoms with E-state index in [0.717, 1.165) is 18.4 Å². The van der Waals surface area contributed by atoms with Gasteiger partial charge in [0.1, 0.15) is 11.6 Å². The second kappa shape index (κ2) is 19.5. The summed E-state index contributed by atoms with van der Waals surface area (Å²) in [6.07, 6.45) is 20.3. The second-order valence-electron chi connectivity index (χ2n) is 14.7. The van der Waals surface area contributed by atoms with E-state index in [-0.39, 0.29) is 48.3 Å². The Hall–Kier alpha value is -6.28. The Labute approximate surface area is 334 Å². The maximum atomic E-state index is 15.4. The number of hydrogen-bond donors (Lipinski definition) is 2. The zero-order chi connectivity index (χ0) is 41.0. The van der Waals surface area contributed by atoms with E-state index in [1.54, 1.807) is 23.1 Å². The number of aromatic nitrogens is 3. The number of halogens is 1. The Morgan fingerprint density at radius 2 is 1.95 bits per heavy atom. The van der Waals surface area contributed by atoms with Crippen molar-refractivity contribution in [2.24, 2.45) is 11.3 Å². The number of nitrogens with one attached hydrogen (secondary N) is 2. The van der Waals surface area contributed by atoms with Gasteiger partial charge in [0.05, 0.1) is 42.1 Å². The van der Waals surface area contributed by atoms with Gasteiger partial charge in [0.2, 0.25) is 23.6 Å². The maximum absolute atomic E-state index is 15.4. The summed E-state index contributed by atoms with van der Waals surface area (Å²) in [5.41, 5.74) is 1.62. The van der Waals surface area contributed by atoms with Gasteiger partial charge in [-0.05, 0) is 67.4 Å². The molecule has 57 heavy (non-hydrogen) atoms. The number of imidazole rings is 1. The van der Waals surface area contributed by atoms with Crippen molar-refractivity contribution in [1.82, 2.24) is 24.8 Å². The lowest BCUT2D eigenvalue weighted by Gasteiger charge is -2.33. The molecule has 1 aliphatic carbocycles. The first-order chi connectivity index (χ1) is 27.4. The normalized spacial score (nSPS) is 16.9. The van der Waals surface area contributed by atoms with Crippen LogP contribution in [0.2, 0.25) is 0 Å². The Morgan fingerprint density at radius 3 is 2.63 bits per heavy atom. The number of nitrogens with zero attached hydrogens (tertiary/aromatic N) is 4. The van der Waals surface area contributed by atoms with Crippen LogP contribution in [0.5, 0.6) is 0 Å². The molecule has 2 heterocycles. The Balaban J connectivity index is 1.25. The number of allylic oxidation sites excluding steroid dienone is 4. The van der Waals surface area contributed by atoms with Gasteiger partial charge in [-0.2, -0.15) is 0 Å². The van der Waals surface area contributed by atoms with Gasteiger partial charge in [-0.1, -0.05) is 75.1 Å². The number of rotatable bonds is 17. The number of H-pyrrole nitrogens is 1. The van der Waals surface area contributed by atoms with Crippen LogP contribution in [0.3, 0.4) is 0 Å². The van der Waals surface area contributed by atoms with Crippen molar-refractivity contribution in [1.29, 1.82) is 0 Å². The molecule has 11 heteroatoms. The summed E-state index contributed by atoms with van der Waals surface area (Å²) in [5.74, 6) is 2.91. The van der Waals surface area contributed by atoms with Crippen molar-refractivity contribution in [3.05, 3.63) is 119 Å². The summed E-state index contributed by atoms with van der Waals surface area (Å²) in [6, 6.07) is 13.5. The average Bonchev–Trinajstić information content (AvgIpc) is 3.82. The molecule has 0 spiro atoms. The van der Waals surface area contributed by atoms with Gasteiger partial charge in [0.25, 0.3) is 0 Å². The van der Waals surface area contributed by atoms with Crippen LogP contribution in [0.25, 0.3) is 29.7 Å². The van der Waals surface area contributed by atoms with Gasteiger partial charge in [-0.3, -0.25) is 14.4 Å². The lowest BCUT2D eigenvalue weighted by Crippen LogP contribution is -2.39. The van der Waals surface area contributed by atoms with Crippen molar-refractivity contribution < 1.29 is 23.2 Å². The third-order valence-corrected chi connectivity index (χ3v) is 10.0. The molecule has 1 aliphatic rings. The molecule has 2 aromatic heterocycles. The molecule has 2 unspecified atom stereocenters. The highest BCUT2D eigenvalue weighted by atomic mass is 19.1. The third-order valence-electron chi connectivity index (χ3n) is 10.0. The van der Waals surface area contributed by atoms with E-state index in [1.807, 2.05) is 43.3 Å². The summed E-state index contributed by atoms with van der Waals surface area (Å²) in [5, 5.41) is 3.71. The van der Waals surface area contributed by atoms with E-state index < -0.39 is 11.7 Å². The van der Waals surface area contributed by atoms with Crippen molar-refractivity contribution in [2.75, 3.05) is 25.0 Å². The quantitative estimate of drug-likeness (QED) is 0.0898. The largest absolute Gasteiger partial charge is 0.436 e. The summed E-state index contributed by atoms with van der Waals surface area (Å²) < 4.78 is 21.4. The highest BCUT2D eigenvalue weighted by molar-refractivity contribution is 5.95. The van der Waals surface area contributed by atoms with Crippen LogP contribution in [0.1, 0.15) is 70.0 Å². The molecular formula is C46H51FN6O4. The standard InChI is InChI=1S/C46H51FN6O4/c1-7-10-23-52(44(56)28-46(6)21-19-32(4)20-22-46)30-41-49-33(5)39(50-41)27-35(9-3)40-29-48-45(57-40)36-17-18-38(37(47)26-36)51-42(54)31-53(24-11-8-2)43(55)25-34-15-13-12-14-16-34/h1,8-9,12-19,21,26-27,29,32H,2,5,10-11,20,22-25,28,30-31H2,3-4,6H3,(H,49,50)(H,51,54). The van der Waals surface area contributed by atoms with Crippen LogP contribution in [0.4, 0.5) is 10.1 Å². The van der Waals surface area contributed by atoms with Crippen LogP contribution in [-0.4, -0.2) is 62.1 Å². The number of anilines is 1. The molecule has 0 bridgehead atoms. The highest BCUT2D eigenvalue weighted by Gasteiger charge is 2.30. The molecule has 0 aliphatic heterocycles. The Morgan fingerprint density at radius 1 is 1.16 bits per heavy atom. The SMILES string of the molecule is C#CCCN(Cc1nc(=CC(=CC)c2cnc(-c3ccc(NC(=O)CN(CCC=C)C(=O)Cc4ccccc4)c(F)c3)o2)c(=C)[nH]1)C(=O)CC1(C)C=CC(C)CC1. The van der Waals surface area contributed by atoms with Crippen molar-refractivity contribution in [3.8, 4) is 23.8 Å². The molecule has 4 aromatic rings. The highest BCUT2D eigenvalue weighted by Crippen LogP contribution is 2.36. The van der Waals surface area contributed by atoms with Gasteiger partial charge in [0, 0.05) is 37.1 Å². The van der Waals surface area contributed by atoms with Crippen LogP contribution in [0, 0.1) is 29.5 Å². The van der Waals surface area contributed by atoms with E-state index in [4.69, 9.17) is 15.8 Å². The number of benzene rings is 2. The van der Waals surface area contributed by atoms with E-state index in [9.17, 15) is 14.4 Å². The predicted octanol–water partition coefficient (Wildman–Crippen LogP) is 6.82. The zero-order valence-electron chi connectivity index (χ0n) is 33.0. The molecule has 10 nitrogen and oxygen atoms in total. The van der Waals surface area contributed by atoms with E-state index >= 15 is 4.39 Å². The molecular weight excluding hydrogens is 720 g/mol. The molecule has 2 atom stereocenters. The summed E-state index contributed by atoms with van der Waals surface area (Å²) in [4.78, 5) is 55.1. The molecule has 0 radical (unpaired) electrons. The summed E-state index contributed by atoms with van der Waals surface area (Å²) in [6.45, 7) is 14.7. The van der Waals surface area contributed by atoms with Crippen LogP contribution in [-0.2, 0) is 27.3 Å². The number of aromatic amines is 1. The van der Waals surface area contributed by atoms with E-state index in [2.05, 4.69) is 60.4 Å². The minimum atomic E-state index is -0.689. The molecule has 3 amide bonds. The van der Waals surface area contributed by atoms with Crippen molar-refractivity contribution in [3.63, 3.8) is 0 Å². The monoisotopic (exact) mass is 770 g/mol. The lowest BCUT2D eigenvalue weighted by atomic mass is 9.75. The average molecular weight is 771 g/mol. The fourth-order valence-electron chi connectivity index (χ4n) is 6.60. The second-order valence-corrected chi connectivity index (χ2v) is 14.7. The maximum Gasteiger partial charge on any atom is 0.244 e. The minimum Gasteiger partial charge on any atom is -0.436 e. The topological polar surface area (TPSA) is 124 Å². The fraction of sp³-hybridized carbons (Fsp3) is 0.326. The van der Waals surface area contributed by atoms with Crippen molar-refractivity contribution in [2.45, 2.75) is 65.8 Å². The number of oxazole rings is 1. The molecule has 0 fully saturated rings. The van der Waals surface area contributed by atoms with Crippen LogP contribution >= 0.6 is 0 Å². The molecule has 5 rings (SSSR count). The van der Waals surface area contributed by atoms with Gasteiger partial charge in [0.15, 0.2) is 5.76 Å². The number of hydrogen-bond acceptors (Lipinski definition) is 6. The van der Waals surface area contributed by atoms with E-state index in [0.29, 0.717) is 71.7 Å². The Kier molecular flexibility index (Phi) is 14.4. The smallest absolute Gasteiger partial charge is 0.244 e. The fourth-order valence-corrected chi connectivity index (χ4v) is 6.60. The molecule has 2 N–H and O–H groups in total. The number of amides is 3. The van der Waals surface area contributed by atoms with Gasteiger partial charge in [-0.25, -0.2) is 14.4 Å². The minimum absolute atomic E-state index is 0.0200. The summed E-state index contributed by atoms with van der Waals surface area (Å²) >= 11 is 0. The van der Waals surface area contributed by atoms with Gasteiger partial charge >= 0.3 is 0 Å². The molecule has 0 saturated heterocycles. The lowest BCUT2D eigenvalue weighted by molar-refractivity contribution is -0.134. The first kappa shape index (κ1) is 41.9. The van der Waals surface area contributed by atoms with Gasteiger partial charge < -0.3 is 24.5 Å². The van der Waals surface area contributed by atoms with Crippen LogP contribution in [0.15, 0.2) is 90.0 Å². The number of carbonyl (C=O) groups excluding carboxylic acids is 3. The van der Waals surface area contributed by atoms with E-state index in [1.165, 1.54) is 23.2 Å². The Bertz CT molecular complexity index is 2280. The third kappa shape index (κ3) is 11.6. The molecule has 0 saturated carbocycles. The predicted molar refractivity (Wildman–Crippen MR) is 223 cm³/mol. The molecule has 2 aromatic carbocycles. The van der Waals surface area contributed by atoms with Gasteiger partial charge in [-0.15, -0.1) is 18.9 Å². The zero-order valence-corrected chi connectivity index (χ0v) is 33.0. The van der Waals surface area contributed by atoms with Crippen molar-refractivity contribution >= 4 is 41.6 Å². The first-order valence-corrected chi connectivity index (χ1v) is 19.2. The van der Waals surface area contributed by atoms with Crippen LogP contribution < -0.4 is 16.0 Å². The summed E-state index contributed by atoms with van der Waals surface area (Å²) in [7, 11) is 0.